The van der Waals surface area contributed by atoms with Crippen LogP contribution >= 0.6 is 0 Å². The number of aryl methyl sites for hydroxylation is 2. The lowest BCUT2D eigenvalue weighted by atomic mass is 10.1. The van der Waals surface area contributed by atoms with E-state index >= 15 is 0 Å². The molecular weight excluding hydrogens is 242 g/mol. The van der Waals surface area contributed by atoms with Gasteiger partial charge in [-0.15, -0.1) is 10.2 Å². The molecule has 1 amide bonds. The van der Waals surface area contributed by atoms with Crippen LogP contribution < -0.4 is 11.1 Å². The SMILES string of the molecule is Cc1ccc(N)cc1C(=O)NC(C)c1nncn1C. The van der Waals surface area contributed by atoms with Crippen LogP contribution in [0.4, 0.5) is 5.69 Å². The fourth-order valence-corrected chi connectivity index (χ4v) is 1.91. The van der Waals surface area contributed by atoms with Gasteiger partial charge < -0.3 is 15.6 Å². The molecule has 0 saturated carbocycles. The maximum absolute atomic E-state index is 12.2. The average molecular weight is 259 g/mol. The van der Waals surface area contributed by atoms with Gasteiger partial charge in [0.05, 0.1) is 6.04 Å². The highest BCUT2D eigenvalue weighted by atomic mass is 16.1. The Hall–Kier alpha value is -2.37. The van der Waals surface area contributed by atoms with Gasteiger partial charge in [0.1, 0.15) is 6.33 Å². The number of benzene rings is 1. The van der Waals surface area contributed by atoms with Gasteiger partial charge in [-0.25, -0.2) is 0 Å². The van der Waals surface area contributed by atoms with Crippen LogP contribution in [-0.2, 0) is 7.05 Å². The molecule has 0 fully saturated rings. The summed E-state index contributed by atoms with van der Waals surface area (Å²) in [4.78, 5) is 12.2. The van der Waals surface area contributed by atoms with Crippen molar-refractivity contribution in [1.29, 1.82) is 0 Å². The van der Waals surface area contributed by atoms with Crippen LogP contribution in [0.3, 0.4) is 0 Å². The van der Waals surface area contributed by atoms with E-state index in [9.17, 15) is 4.79 Å². The Labute approximate surface area is 111 Å². The van der Waals surface area contributed by atoms with Crippen molar-refractivity contribution in [2.45, 2.75) is 19.9 Å². The van der Waals surface area contributed by atoms with Crippen molar-refractivity contribution in [3.63, 3.8) is 0 Å². The zero-order chi connectivity index (χ0) is 14.0. The lowest BCUT2D eigenvalue weighted by Crippen LogP contribution is -2.29. The van der Waals surface area contributed by atoms with Gasteiger partial charge in [-0.2, -0.15) is 0 Å². The number of carbonyl (C=O) groups excluding carboxylic acids is 1. The second kappa shape index (κ2) is 5.09. The molecule has 2 aromatic rings. The summed E-state index contributed by atoms with van der Waals surface area (Å²) in [6.45, 7) is 3.74. The van der Waals surface area contributed by atoms with E-state index < -0.39 is 0 Å². The number of carbonyl (C=O) groups is 1. The summed E-state index contributed by atoms with van der Waals surface area (Å²) < 4.78 is 1.77. The summed E-state index contributed by atoms with van der Waals surface area (Å²) in [5.74, 6) is 0.537. The number of nitrogens with two attached hydrogens (primary N) is 1. The summed E-state index contributed by atoms with van der Waals surface area (Å²) >= 11 is 0. The van der Waals surface area contributed by atoms with Crippen molar-refractivity contribution in [3.05, 3.63) is 41.5 Å². The molecule has 1 aromatic carbocycles. The molecule has 0 spiro atoms. The number of rotatable bonds is 3. The molecule has 0 bridgehead atoms. The first-order valence-corrected chi connectivity index (χ1v) is 6.00. The normalized spacial score (nSPS) is 12.2. The van der Waals surface area contributed by atoms with Gasteiger partial charge in [0.15, 0.2) is 5.82 Å². The zero-order valence-electron chi connectivity index (χ0n) is 11.2. The first kappa shape index (κ1) is 13.1. The van der Waals surface area contributed by atoms with Gasteiger partial charge in [0, 0.05) is 18.3 Å². The number of anilines is 1. The summed E-state index contributed by atoms with van der Waals surface area (Å²) in [5, 5.41) is 10.7. The number of amides is 1. The molecule has 1 unspecified atom stereocenters. The number of nitrogen functional groups attached to an aromatic ring is 1. The summed E-state index contributed by atoms with van der Waals surface area (Å²) in [5.41, 5.74) is 7.74. The predicted molar refractivity (Wildman–Crippen MR) is 72.5 cm³/mol. The van der Waals surface area contributed by atoms with Crippen molar-refractivity contribution in [2.75, 3.05) is 5.73 Å². The molecule has 6 heteroatoms. The van der Waals surface area contributed by atoms with Crippen molar-refractivity contribution >= 4 is 11.6 Å². The third-order valence-corrected chi connectivity index (χ3v) is 2.99. The van der Waals surface area contributed by atoms with Crippen LogP contribution in [0.25, 0.3) is 0 Å². The van der Waals surface area contributed by atoms with Crippen LogP contribution in [-0.4, -0.2) is 20.7 Å². The number of nitrogens with one attached hydrogen (secondary N) is 1. The molecule has 0 aliphatic heterocycles. The van der Waals surface area contributed by atoms with E-state index in [4.69, 9.17) is 5.73 Å². The van der Waals surface area contributed by atoms with E-state index in [1.807, 2.05) is 27.0 Å². The van der Waals surface area contributed by atoms with E-state index in [1.165, 1.54) is 0 Å². The van der Waals surface area contributed by atoms with Gasteiger partial charge in [0.25, 0.3) is 5.91 Å². The van der Waals surface area contributed by atoms with Crippen molar-refractivity contribution < 1.29 is 4.79 Å². The van der Waals surface area contributed by atoms with Crippen molar-refractivity contribution in [3.8, 4) is 0 Å². The second-order valence-electron chi connectivity index (χ2n) is 4.57. The Bertz CT molecular complexity index is 605. The molecule has 0 aliphatic carbocycles. The molecule has 1 atom stereocenters. The molecule has 0 saturated heterocycles. The molecule has 1 aromatic heterocycles. The van der Waals surface area contributed by atoms with Gasteiger partial charge in [0.2, 0.25) is 0 Å². The fraction of sp³-hybridized carbons (Fsp3) is 0.308. The van der Waals surface area contributed by atoms with Crippen LogP contribution in [0.1, 0.15) is 34.7 Å². The largest absolute Gasteiger partial charge is 0.399 e. The number of nitrogens with zero attached hydrogens (tertiary/aromatic N) is 3. The van der Waals surface area contributed by atoms with E-state index in [0.717, 1.165) is 5.56 Å². The van der Waals surface area contributed by atoms with Gasteiger partial charge in [-0.3, -0.25) is 4.79 Å². The maximum Gasteiger partial charge on any atom is 0.252 e. The maximum atomic E-state index is 12.2. The van der Waals surface area contributed by atoms with Gasteiger partial charge in [-0.05, 0) is 31.5 Å². The Morgan fingerprint density at radius 3 is 2.84 bits per heavy atom. The first-order chi connectivity index (χ1) is 8.99. The monoisotopic (exact) mass is 259 g/mol. The highest BCUT2D eigenvalue weighted by Gasteiger charge is 2.16. The lowest BCUT2D eigenvalue weighted by Gasteiger charge is -2.14. The zero-order valence-corrected chi connectivity index (χ0v) is 11.2. The van der Waals surface area contributed by atoms with E-state index in [0.29, 0.717) is 17.1 Å². The highest BCUT2D eigenvalue weighted by molar-refractivity contribution is 5.96. The van der Waals surface area contributed by atoms with Gasteiger partial charge in [-0.1, -0.05) is 6.07 Å². The molecule has 100 valence electrons. The fourth-order valence-electron chi connectivity index (χ4n) is 1.91. The standard InChI is InChI=1S/C13H17N5O/c1-8-4-5-10(14)6-11(8)13(19)16-9(2)12-17-15-7-18(12)3/h4-7,9H,14H2,1-3H3,(H,16,19). The quantitative estimate of drug-likeness (QED) is 0.811. The predicted octanol–water partition coefficient (Wildman–Crippen LogP) is 1.20. The Morgan fingerprint density at radius 2 is 2.21 bits per heavy atom. The van der Waals surface area contributed by atoms with Crippen LogP contribution in [0.5, 0.6) is 0 Å². The third-order valence-electron chi connectivity index (χ3n) is 2.99. The topological polar surface area (TPSA) is 85.8 Å². The first-order valence-electron chi connectivity index (χ1n) is 6.00. The number of hydrogen-bond donors (Lipinski definition) is 2. The Morgan fingerprint density at radius 1 is 1.47 bits per heavy atom. The molecule has 2 rings (SSSR count). The number of hydrogen-bond acceptors (Lipinski definition) is 4. The summed E-state index contributed by atoms with van der Waals surface area (Å²) in [6, 6.07) is 5.06. The van der Waals surface area contributed by atoms with Crippen LogP contribution in [0.15, 0.2) is 24.5 Å². The van der Waals surface area contributed by atoms with E-state index in [-0.39, 0.29) is 11.9 Å². The Balaban J connectivity index is 2.17. The van der Waals surface area contributed by atoms with Crippen molar-refractivity contribution in [1.82, 2.24) is 20.1 Å². The molecule has 19 heavy (non-hydrogen) atoms. The van der Waals surface area contributed by atoms with E-state index in [2.05, 4.69) is 15.5 Å². The minimum Gasteiger partial charge on any atom is -0.399 e. The molecule has 1 heterocycles. The molecule has 0 aliphatic rings. The summed E-state index contributed by atoms with van der Waals surface area (Å²) in [6.07, 6.45) is 1.60. The minimum absolute atomic E-state index is 0.166. The lowest BCUT2D eigenvalue weighted by molar-refractivity contribution is 0.0937. The minimum atomic E-state index is -0.221. The van der Waals surface area contributed by atoms with Crippen LogP contribution in [0.2, 0.25) is 0 Å². The molecule has 6 nitrogen and oxygen atoms in total. The highest BCUT2D eigenvalue weighted by Crippen LogP contribution is 2.15. The Kier molecular flexibility index (Phi) is 3.50. The molecule has 3 N–H and O–H groups in total. The van der Waals surface area contributed by atoms with Gasteiger partial charge >= 0.3 is 0 Å². The van der Waals surface area contributed by atoms with Crippen LogP contribution in [0, 0.1) is 6.92 Å². The molecule has 0 radical (unpaired) electrons. The van der Waals surface area contributed by atoms with Crippen molar-refractivity contribution in [2.24, 2.45) is 7.05 Å². The molecular formula is C13H17N5O. The smallest absolute Gasteiger partial charge is 0.252 e. The summed E-state index contributed by atoms with van der Waals surface area (Å²) in [7, 11) is 1.84. The third kappa shape index (κ3) is 2.73. The van der Waals surface area contributed by atoms with E-state index in [1.54, 1.807) is 23.0 Å². The second-order valence-corrected chi connectivity index (χ2v) is 4.57. The number of aromatic nitrogens is 3. The average Bonchev–Trinajstić information content (AvgIpc) is 2.78.